The molecular formula is C22H28FN3O. The summed E-state index contributed by atoms with van der Waals surface area (Å²) in [5, 5.41) is 3.20. The Labute approximate surface area is 161 Å². The van der Waals surface area contributed by atoms with E-state index in [9.17, 15) is 9.18 Å². The minimum Gasteiger partial charge on any atom is -0.331 e. The Hall–Kier alpha value is -2.40. The molecule has 4 nitrogen and oxygen atoms in total. The summed E-state index contributed by atoms with van der Waals surface area (Å²) in [6.45, 7) is 1.53. The summed E-state index contributed by atoms with van der Waals surface area (Å²) in [4.78, 5) is 16.8. The average Bonchev–Trinajstić information content (AvgIpc) is 3.50. The van der Waals surface area contributed by atoms with Crippen molar-refractivity contribution in [1.82, 2.24) is 15.1 Å². The van der Waals surface area contributed by atoms with Gasteiger partial charge < -0.3 is 15.1 Å². The van der Waals surface area contributed by atoms with Crippen LogP contribution in [-0.2, 0) is 6.54 Å². The highest BCUT2D eigenvalue weighted by atomic mass is 19.1. The predicted molar refractivity (Wildman–Crippen MR) is 106 cm³/mol. The van der Waals surface area contributed by atoms with E-state index in [2.05, 4.69) is 17.4 Å². The van der Waals surface area contributed by atoms with E-state index in [-0.39, 0.29) is 24.4 Å². The molecule has 0 aromatic heterocycles. The van der Waals surface area contributed by atoms with Crippen LogP contribution in [0.1, 0.15) is 30.0 Å². The molecule has 1 N–H and O–H groups in total. The first kappa shape index (κ1) is 19.4. The number of nitrogens with one attached hydrogen (secondary N) is 1. The van der Waals surface area contributed by atoms with Crippen molar-refractivity contribution in [2.24, 2.45) is 5.92 Å². The van der Waals surface area contributed by atoms with E-state index in [4.69, 9.17) is 0 Å². The molecule has 1 atom stereocenters. The van der Waals surface area contributed by atoms with Gasteiger partial charge in [0.1, 0.15) is 5.82 Å². The molecule has 1 saturated carbocycles. The van der Waals surface area contributed by atoms with Crippen LogP contribution in [0.15, 0.2) is 54.6 Å². The second kappa shape index (κ2) is 9.00. The Morgan fingerprint density at radius 2 is 1.74 bits per heavy atom. The van der Waals surface area contributed by atoms with Crippen LogP contribution in [0.25, 0.3) is 0 Å². The molecule has 0 heterocycles. The number of carbonyl (C=O) groups excluding carboxylic acids is 1. The molecular weight excluding hydrogens is 341 g/mol. The molecule has 3 rings (SSSR count). The van der Waals surface area contributed by atoms with Gasteiger partial charge in [-0.3, -0.25) is 0 Å². The third kappa shape index (κ3) is 5.54. The zero-order valence-electron chi connectivity index (χ0n) is 16.1. The fourth-order valence-corrected chi connectivity index (χ4v) is 3.19. The fourth-order valence-electron chi connectivity index (χ4n) is 3.19. The van der Waals surface area contributed by atoms with E-state index in [1.165, 1.54) is 6.07 Å². The van der Waals surface area contributed by atoms with Crippen LogP contribution in [0.3, 0.4) is 0 Å². The predicted octanol–water partition coefficient (Wildman–Crippen LogP) is 4.05. The SMILES string of the molecule is CN(C)CCN(Cc1ccccc1F)C(=O)NC(c1ccccc1)C1CC1. The number of benzene rings is 2. The summed E-state index contributed by atoms with van der Waals surface area (Å²) in [6, 6.07) is 16.6. The number of hydrogen-bond donors (Lipinski definition) is 1. The topological polar surface area (TPSA) is 35.6 Å². The zero-order chi connectivity index (χ0) is 19.2. The molecule has 0 radical (unpaired) electrons. The number of carbonyl (C=O) groups is 1. The zero-order valence-corrected chi connectivity index (χ0v) is 16.1. The van der Waals surface area contributed by atoms with Gasteiger partial charge in [-0.05, 0) is 44.5 Å². The van der Waals surface area contributed by atoms with Crippen LogP contribution in [0.5, 0.6) is 0 Å². The van der Waals surface area contributed by atoms with Crippen LogP contribution >= 0.6 is 0 Å². The van der Waals surface area contributed by atoms with E-state index >= 15 is 0 Å². The summed E-state index contributed by atoms with van der Waals surface area (Å²) < 4.78 is 14.1. The Kier molecular flexibility index (Phi) is 6.45. The van der Waals surface area contributed by atoms with Crippen molar-refractivity contribution in [2.45, 2.75) is 25.4 Å². The lowest BCUT2D eigenvalue weighted by atomic mass is 10.0. The first-order chi connectivity index (χ1) is 13.0. The van der Waals surface area contributed by atoms with Gasteiger partial charge >= 0.3 is 6.03 Å². The van der Waals surface area contributed by atoms with Crippen molar-refractivity contribution in [3.8, 4) is 0 Å². The van der Waals surface area contributed by atoms with Gasteiger partial charge in [0.05, 0.1) is 12.6 Å². The maximum absolute atomic E-state index is 14.1. The molecule has 0 saturated heterocycles. The second-order valence-corrected chi connectivity index (χ2v) is 7.49. The lowest BCUT2D eigenvalue weighted by Gasteiger charge is -2.28. The number of halogens is 1. The van der Waals surface area contributed by atoms with Crippen molar-refractivity contribution in [3.63, 3.8) is 0 Å². The van der Waals surface area contributed by atoms with Crippen molar-refractivity contribution < 1.29 is 9.18 Å². The van der Waals surface area contributed by atoms with Crippen LogP contribution in [0.4, 0.5) is 9.18 Å². The lowest BCUT2D eigenvalue weighted by molar-refractivity contribution is 0.182. The summed E-state index contributed by atoms with van der Waals surface area (Å²) in [7, 11) is 3.94. The van der Waals surface area contributed by atoms with Gasteiger partial charge in [-0.2, -0.15) is 0 Å². The molecule has 0 spiro atoms. The Morgan fingerprint density at radius 1 is 1.07 bits per heavy atom. The van der Waals surface area contributed by atoms with E-state index in [0.29, 0.717) is 18.0 Å². The summed E-state index contributed by atoms with van der Waals surface area (Å²) in [5.41, 5.74) is 1.67. The van der Waals surface area contributed by atoms with Gasteiger partial charge in [-0.25, -0.2) is 9.18 Å². The average molecular weight is 369 g/mol. The van der Waals surface area contributed by atoms with Crippen molar-refractivity contribution in [2.75, 3.05) is 27.2 Å². The molecule has 27 heavy (non-hydrogen) atoms. The van der Waals surface area contributed by atoms with Gasteiger partial charge in [-0.15, -0.1) is 0 Å². The number of urea groups is 1. The second-order valence-electron chi connectivity index (χ2n) is 7.49. The first-order valence-electron chi connectivity index (χ1n) is 9.53. The summed E-state index contributed by atoms with van der Waals surface area (Å²) in [5.74, 6) is 0.211. The van der Waals surface area contributed by atoms with Gasteiger partial charge in [0.2, 0.25) is 0 Å². The minimum absolute atomic E-state index is 0.0150. The normalized spacial score (nSPS) is 14.8. The fraction of sp³-hybridized carbons (Fsp3) is 0.409. The lowest BCUT2D eigenvalue weighted by Crippen LogP contribution is -2.44. The first-order valence-corrected chi connectivity index (χ1v) is 9.53. The number of nitrogens with zero attached hydrogens (tertiary/aromatic N) is 2. The highest BCUT2D eigenvalue weighted by Gasteiger charge is 2.34. The molecule has 1 fully saturated rings. The van der Waals surface area contributed by atoms with Crippen molar-refractivity contribution in [3.05, 3.63) is 71.5 Å². The third-order valence-corrected chi connectivity index (χ3v) is 4.95. The number of likely N-dealkylation sites (N-methyl/N-ethyl adjacent to an activating group) is 1. The quantitative estimate of drug-likeness (QED) is 0.762. The van der Waals surface area contributed by atoms with Crippen molar-refractivity contribution >= 4 is 6.03 Å². The Morgan fingerprint density at radius 3 is 2.37 bits per heavy atom. The molecule has 2 aromatic carbocycles. The number of hydrogen-bond acceptors (Lipinski definition) is 2. The number of rotatable bonds is 8. The van der Waals surface area contributed by atoms with Crippen LogP contribution < -0.4 is 5.32 Å². The van der Waals surface area contributed by atoms with Gasteiger partial charge in [0, 0.05) is 18.7 Å². The third-order valence-electron chi connectivity index (χ3n) is 4.95. The molecule has 0 aliphatic heterocycles. The highest BCUT2D eigenvalue weighted by molar-refractivity contribution is 5.75. The van der Waals surface area contributed by atoms with Crippen LogP contribution in [0, 0.1) is 11.7 Å². The maximum atomic E-state index is 14.1. The summed E-state index contributed by atoms with van der Waals surface area (Å²) >= 11 is 0. The smallest absolute Gasteiger partial charge is 0.318 e. The molecule has 2 aromatic rings. The monoisotopic (exact) mass is 369 g/mol. The molecule has 144 valence electrons. The van der Waals surface area contributed by atoms with Gasteiger partial charge in [0.15, 0.2) is 0 Å². The maximum Gasteiger partial charge on any atom is 0.318 e. The molecule has 5 heteroatoms. The Bertz CT molecular complexity index is 746. The van der Waals surface area contributed by atoms with Gasteiger partial charge in [0.25, 0.3) is 0 Å². The standard InChI is InChI=1S/C22H28FN3O/c1-25(2)14-15-26(16-19-10-6-7-11-20(19)23)22(27)24-21(18-12-13-18)17-8-4-3-5-9-17/h3-11,18,21H,12-16H2,1-2H3,(H,24,27). The number of amides is 2. The Balaban J connectivity index is 1.74. The largest absolute Gasteiger partial charge is 0.331 e. The summed E-state index contributed by atoms with van der Waals surface area (Å²) in [6.07, 6.45) is 2.26. The molecule has 1 aliphatic carbocycles. The van der Waals surface area contributed by atoms with E-state index in [0.717, 1.165) is 24.9 Å². The minimum atomic E-state index is -0.276. The van der Waals surface area contributed by atoms with Crippen LogP contribution in [-0.4, -0.2) is 43.0 Å². The molecule has 1 aliphatic rings. The molecule has 1 unspecified atom stereocenters. The van der Waals surface area contributed by atoms with Crippen molar-refractivity contribution in [1.29, 1.82) is 0 Å². The van der Waals surface area contributed by atoms with E-state index in [1.807, 2.05) is 37.2 Å². The molecule has 0 bridgehead atoms. The highest BCUT2D eigenvalue weighted by Crippen LogP contribution is 2.41. The van der Waals surface area contributed by atoms with Gasteiger partial charge in [-0.1, -0.05) is 48.5 Å². The van der Waals surface area contributed by atoms with E-state index in [1.54, 1.807) is 23.1 Å². The van der Waals surface area contributed by atoms with Crippen LogP contribution in [0.2, 0.25) is 0 Å². The molecule has 2 amide bonds. The van der Waals surface area contributed by atoms with E-state index < -0.39 is 0 Å².